The van der Waals surface area contributed by atoms with E-state index >= 15 is 0 Å². The lowest BCUT2D eigenvalue weighted by molar-refractivity contribution is -0.0455. The van der Waals surface area contributed by atoms with E-state index in [2.05, 4.69) is 13.8 Å². The number of unbranched alkanes of at least 4 members (excludes halogenated alkanes) is 14. The quantitative estimate of drug-likeness (QED) is 0.129. The summed E-state index contributed by atoms with van der Waals surface area (Å²) in [5, 5.41) is 9.95. The molecule has 0 spiro atoms. The molecule has 0 saturated heterocycles. The first kappa shape index (κ1) is 30.9. The Hall–Kier alpha value is -0.120. The van der Waals surface area contributed by atoms with Crippen LogP contribution >= 0.6 is 0 Å². The Kier molecular flexibility index (Phi) is 20.9. The lowest BCUT2D eigenvalue weighted by Crippen LogP contribution is -2.40. The van der Waals surface area contributed by atoms with Crippen molar-refractivity contribution in [3.63, 3.8) is 0 Å². The van der Waals surface area contributed by atoms with E-state index < -0.39 is 0 Å². The molecule has 3 heteroatoms. The number of rotatable bonds is 26. The molecule has 3 nitrogen and oxygen atoms in total. The van der Waals surface area contributed by atoms with Crippen molar-refractivity contribution in [3.05, 3.63) is 0 Å². The first-order chi connectivity index (χ1) is 16.2. The van der Waals surface area contributed by atoms with Crippen molar-refractivity contribution in [3.8, 4) is 0 Å². The number of hydrogen-bond acceptors (Lipinski definition) is 3. The van der Waals surface area contributed by atoms with Crippen LogP contribution in [0.2, 0.25) is 0 Å². The van der Waals surface area contributed by atoms with Crippen molar-refractivity contribution in [1.82, 2.24) is 0 Å². The standard InChI is InChI=1S/C30H60O3/c1-3-5-23-32-25-19-15-11-7-9-13-17-21-30(27-29(31)28-30)22-18-14-10-8-12-16-20-26-33-24-6-4-2/h29,31H,3-28H2,1-2H3. The van der Waals surface area contributed by atoms with Gasteiger partial charge in [0.1, 0.15) is 0 Å². The van der Waals surface area contributed by atoms with E-state index in [1.807, 2.05) is 0 Å². The normalized spacial score (nSPS) is 15.7. The second-order valence-electron chi connectivity index (χ2n) is 10.9. The molecule has 0 heterocycles. The summed E-state index contributed by atoms with van der Waals surface area (Å²) in [5.41, 5.74) is 0.491. The minimum Gasteiger partial charge on any atom is -0.393 e. The second kappa shape index (κ2) is 22.4. The van der Waals surface area contributed by atoms with E-state index in [1.165, 1.54) is 128 Å². The minimum atomic E-state index is -0.0101. The van der Waals surface area contributed by atoms with E-state index in [9.17, 15) is 5.11 Å². The molecule has 1 aliphatic carbocycles. The molecule has 1 N–H and O–H groups in total. The van der Waals surface area contributed by atoms with Gasteiger partial charge in [-0.1, -0.05) is 104 Å². The Morgan fingerprint density at radius 3 is 1.21 bits per heavy atom. The summed E-state index contributed by atoms with van der Waals surface area (Å²) >= 11 is 0. The molecule has 33 heavy (non-hydrogen) atoms. The monoisotopic (exact) mass is 468 g/mol. The molecule has 1 aliphatic rings. The third-order valence-electron chi connectivity index (χ3n) is 7.61. The summed E-state index contributed by atoms with van der Waals surface area (Å²) in [4.78, 5) is 0. The van der Waals surface area contributed by atoms with Crippen LogP contribution < -0.4 is 0 Å². The molecule has 0 amide bonds. The molecule has 1 rings (SSSR count). The molecule has 0 aliphatic heterocycles. The number of aliphatic hydroxyl groups excluding tert-OH is 1. The van der Waals surface area contributed by atoms with Gasteiger partial charge >= 0.3 is 0 Å². The summed E-state index contributed by atoms with van der Waals surface area (Å²) in [5.74, 6) is 0. The van der Waals surface area contributed by atoms with Crippen molar-refractivity contribution < 1.29 is 14.6 Å². The Bertz CT molecular complexity index is 362. The van der Waals surface area contributed by atoms with Crippen LogP contribution in [0.5, 0.6) is 0 Å². The Morgan fingerprint density at radius 1 is 0.515 bits per heavy atom. The van der Waals surface area contributed by atoms with Gasteiger partial charge < -0.3 is 14.6 Å². The smallest absolute Gasteiger partial charge is 0.0550 e. The summed E-state index contributed by atoms with van der Waals surface area (Å²) < 4.78 is 11.3. The zero-order valence-corrected chi connectivity index (χ0v) is 22.7. The maximum absolute atomic E-state index is 9.95. The van der Waals surface area contributed by atoms with E-state index in [1.54, 1.807) is 0 Å². The molecule has 0 aromatic rings. The molecule has 0 atom stereocenters. The average molecular weight is 469 g/mol. The van der Waals surface area contributed by atoms with E-state index in [-0.39, 0.29) is 6.10 Å². The van der Waals surface area contributed by atoms with Crippen molar-refractivity contribution in [1.29, 1.82) is 0 Å². The maximum atomic E-state index is 9.95. The van der Waals surface area contributed by atoms with Gasteiger partial charge in [-0.25, -0.2) is 0 Å². The van der Waals surface area contributed by atoms with Gasteiger partial charge in [-0.05, 0) is 56.8 Å². The highest BCUT2D eigenvalue weighted by Crippen LogP contribution is 2.49. The molecule has 198 valence electrons. The average Bonchev–Trinajstić information content (AvgIpc) is 2.79. The molecule has 0 radical (unpaired) electrons. The van der Waals surface area contributed by atoms with Gasteiger partial charge in [-0.3, -0.25) is 0 Å². The van der Waals surface area contributed by atoms with Crippen LogP contribution in [0.1, 0.15) is 155 Å². The molecule has 1 saturated carbocycles. The molecular formula is C30H60O3. The van der Waals surface area contributed by atoms with Crippen LogP contribution in [0.15, 0.2) is 0 Å². The van der Waals surface area contributed by atoms with Crippen LogP contribution in [-0.2, 0) is 9.47 Å². The van der Waals surface area contributed by atoms with Gasteiger partial charge in [-0.2, -0.15) is 0 Å². The fraction of sp³-hybridized carbons (Fsp3) is 1.00. The van der Waals surface area contributed by atoms with Crippen LogP contribution in [-0.4, -0.2) is 37.6 Å². The van der Waals surface area contributed by atoms with Gasteiger partial charge in [-0.15, -0.1) is 0 Å². The lowest BCUT2D eigenvalue weighted by Gasteiger charge is -2.46. The van der Waals surface area contributed by atoms with Crippen molar-refractivity contribution in [2.75, 3.05) is 26.4 Å². The van der Waals surface area contributed by atoms with E-state index in [0.29, 0.717) is 5.41 Å². The predicted molar refractivity (Wildman–Crippen MR) is 143 cm³/mol. The molecule has 1 fully saturated rings. The minimum absolute atomic E-state index is 0.0101. The van der Waals surface area contributed by atoms with Crippen LogP contribution in [0.3, 0.4) is 0 Å². The number of aliphatic hydroxyl groups is 1. The van der Waals surface area contributed by atoms with Gasteiger partial charge in [0.25, 0.3) is 0 Å². The van der Waals surface area contributed by atoms with Crippen molar-refractivity contribution >= 4 is 0 Å². The van der Waals surface area contributed by atoms with Crippen LogP contribution in [0.4, 0.5) is 0 Å². The summed E-state index contributed by atoms with van der Waals surface area (Å²) in [6, 6.07) is 0. The lowest BCUT2D eigenvalue weighted by atomic mass is 9.61. The predicted octanol–water partition coefficient (Wildman–Crippen LogP) is 9.00. The maximum Gasteiger partial charge on any atom is 0.0550 e. The number of hydrogen-bond donors (Lipinski definition) is 1. The highest BCUT2D eigenvalue weighted by atomic mass is 16.5. The SMILES string of the molecule is CCCCOCCCCCCCCCC1(CCCCCCCCCOCCCC)CC(O)C1. The van der Waals surface area contributed by atoms with Crippen LogP contribution in [0.25, 0.3) is 0 Å². The number of ether oxygens (including phenoxy) is 2. The van der Waals surface area contributed by atoms with Gasteiger partial charge in [0.05, 0.1) is 6.10 Å². The molecular weight excluding hydrogens is 408 g/mol. The third-order valence-corrected chi connectivity index (χ3v) is 7.61. The largest absolute Gasteiger partial charge is 0.393 e. The highest BCUT2D eigenvalue weighted by Gasteiger charge is 2.41. The first-order valence-electron chi connectivity index (χ1n) is 15.1. The van der Waals surface area contributed by atoms with E-state index in [4.69, 9.17) is 9.47 Å². The molecule has 0 aromatic carbocycles. The Balaban J connectivity index is 1.90. The van der Waals surface area contributed by atoms with Gasteiger partial charge in [0.2, 0.25) is 0 Å². The van der Waals surface area contributed by atoms with Crippen molar-refractivity contribution in [2.45, 2.75) is 161 Å². The fourth-order valence-electron chi connectivity index (χ4n) is 5.35. The summed E-state index contributed by atoms with van der Waals surface area (Å²) in [6.45, 7) is 8.24. The van der Waals surface area contributed by atoms with E-state index in [0.717, 1.165) is 39.3 Å². The van der Waals surface area contributed by atoms with Gasteiger partial charge in [0, 0.05) is 26.4 Å². The van der Waals surface area contributed by atoms with Crippen molar-refractivity contribution in [2.24, 2.45) is 5.41 Å². The first-order valence-corrected chi connectivity index (χ1v) is 15.1. The molecule has 0 bridgehead atoms. The second-order valence-corrected chi connectivity index (χ2v) is 10.9. The highest BCUT2D eigenvalue weighted by molar-refractivity contribution is 4.93. The van der Waals surface area contributed by atoms with Gasteiger partial charge in [0.15, 0.2) is 0 Å². The zero-order chi connectivity index (χ0) is 23.9. The Morgan fingerprint density at radius 2 is 0.848 bits per heavy atom. The summed E-state index contributed by atoms with van der Waals surface area (Å²) in [6.07, 6.45) is 28.6. The third kappa shape index (κ3) is 17.9. The zero-order valence-electron chi connectivity index (χ0n) is 22.7. The molecule has 0 unspecified atom stereocenters. The Labute approximate surface area is 207 Å². The summed E-state index contributed by atoms with van der Waals surface area (Å²) in [7, 11) is 0. The van der Waals surface area contributed by atoms with Crippen LogP contribution in [0, 0.1) is 5.41 Å². The fourth-order valence-corrected chi connectivity index (χ4v) is 5.35. The topological polar surface area (TPSA) is 38.7 Å². The molecule has 0 aromatic heterocycles.